The summed E-state index contributed by atoms with van der Waals surface area (Å²) in [7, 11) is 0. The number of aromatic nitrogens is 5. The van der Waals surface area contributed by atoms with Gasteiger partial charge in [-0.3, -0.25) is 4.79 Å². The zero-order valence-electron chi connectivity index (χ0n) is 15.9. The van der Waals surface area contributed by atoms with Crippen LogP contribution in [0.4, 0.5) is 0 Å². The van der Waals surface area contributed by atoms with E-state index in [1.807, 2.05) is 29.7 Å². The Balaban J connectivity index is 1.31. The van der Waals surface area contributed by atoms with Crippen molar-refractivity contribution in [1.82, 2.24) is 30.0 Å². The smallest absolute Gasteiger partial charge is 0.253 e. The highest BCUT2D eigenvalue weighted by atomic mass is 16.5. The molecule has 1 unspecified atom stereocenters. The molecule has 1 fully saturated rings. The molecule has 3 heterocycles. The van der Waals surface area contributed by atoms with Crippen molar-refractivity contribution < 1.29 is 9.32 Å². The molecular formula is C21H20N6O2. The molecule has 0 bridgehead atoms. The Hall–Kier alpha value is -3.55. The maximum Gasteiger partial charge on any atom is 0.253 e. The van der Waals surface area contributed by atoms with E-state index in [1.54, 1.807) is 18.6 Å². The molecule has 1 aromatic carbocycles. The number of hydrogen-bond acceptors (Lipinski definition) is 6. The molecule has 3 aromatic heterocycles. The molecule has 29 heavy (non-hydrogen) atoms. The van der Waals surface area contributed by atoms with Gasteiger partial charge in [0.1, 0.15) is 11.6 Å². The first-order valence-corrected chi connectivity index (χ1v) is 9.66. The zero-order chi connectivity index (χ0) is 19.8. The minimum atomic E-state index is -0.381. The number of rotatable bonds is 6. The zero-order valence-corrected chi connectivity index (χ0v) is 15.9. The number of imidazole rings is 1. The predicted molar refractivity (Wildman–Crippen MR) is 105 cm³/mol. The second-order valence-corrected chi connectivity index (χ2v) is 7.39. The van der Waals surface area contributed by atoms with Gasteiger partial charge in [0, 0.05) is 12.1 Å². The molecule has 1 saturated carbocycles. The molecule has 0 aliphatic heterocycles. The molecule has 1 N–H and O–H groups in total. The minimum Gasteiger partial charge on any atom is -0.340 e. The fourth-order valence-electron chi connectivity index (χ4n) is 3.24. The lowest BCUT2D eigenvalue weighted by Crippen LogP contribution is -2.27. The molecule has 1 atom stereocenters. The summed E-state index contributed by atoms with van der Waals surface area (Å²) in [6.45, 7) is 2.50. The Morgan fingerprint density at radius 2 is 2.10 bits per heavy atom. The van der Waals surface area contributed by atoms with Crippen LogP contribution in [0.15, 0.2) is 53.4 Å². The van der Waals surface area contributed by atoms with Gasteiger partial charge in [-0.1, -0.05) is 35.5 Å². The average Bonchev–Trinajstić information content (AvgIpc) is 3.33. The quantitative estimate of drug-likeness (QED) is 0.544. The third-order valence-electron chi connectivity index (χ3n) is 5.03. The molecule has 8 nitrogen and oxygen atoms in total. The number of carbonyl (C=O) groups is 1. The van der Waals surface area contributed by atoms with E-state index in [2.05, 4.69) is 37.6 Å². The van der Waals surface area contributed by atoms with Gasteiger partial charge in [0.25, 0.3) is 5.91 Å². The monoisotopic (exact) mass is 388 g/mol. The third kappa shape index (κ3) is 3.61. The number of hydrogen-bond donors (Lipinski definition) is 1. The molecular weight excluding hydrogens is 368 g/mol. The summed E-state index contributed by atoms with van der Waals surface area (Å²) >= 11 is 0. The Bertz CT molecular complexity index is 1160. The average molecular weight is 388 g/mol. The standard InChI is InChI=1S/C21H20N6O2/c1-13(21-25-18(26-29-21)15-7-8-15)24-20(28)16-9-17-19(22-10-16)27(12-23-17)11-14-5-3-2-4-6-14/h2-6,9-10,12-13,15H,7-8,11H2,1H3,(H,24,28). The first-order chi connectivity index (χ1) is 14.2. The van der Waals surface area contributed by atoms with Gasteiger partial charge >= 0.3 is 0 Å². The number of fused-ring (bicyclic) bond motifs is 1. The van der Waals surface area contributed by atoms with Gasteiger partial charge in [-0.25, -0.2) is 9.97 Å². The highest BCUT2D eigenvalue weighted by Gasteiger charge is 2.30. The van der Waals surface area contributed by atoms with Gasteiger partial charge < -0.3 is 14.4 Å². The third-order valence-corrected chi connectivity index (χ3v) is 5.03. The molecule has 0 radical (unpaired) electrons. The second kappa shape index (κ2) is 7.12. The van der Waals surface area contributed by atoms with Crippen molar-refractivity contribution in [2.24, 2.45) is 0 Å². The van der Waals surface area contributed by atoms with Gasteiger partial charge in [0.15, 0.2) is 11.5 Å². The molecule has 5 rings (SSSR count). The van der Waals surface area contributed by atoms with Crippen LogP contribution in [-0.2, 0) is 6.54 Å². The summed E-state index contributed by atoms with van der Waals surface area (Å²) in [5.41, 5.74) is 3.02. The van der Waals surface area contributed by atoms with E-state index < -0.39 is 0 Å². The van der Waals surface area contributed by atoms with Gasteiger partial charge in [0.05, 0.1) is 18.4 Å². The Morgan fingerprint density at radius 1 is 1.28 bits per heavy atom. The number of amides is 1. The van der Waals surface area contributed by atoms with Crippen molar-refractivity contribution in [3.8, 4) is 0 Å². The fraction of sp³-hybridized carbons (Fsp3) is 0.286. The van der Waals surface area contributed by atoms with Crippen LogP contribution in [0, 0.1) is 0 Å². The maximum atomic E-state index is 12.6. The van der Waals surface area contributed by atoms with Crippen LogP contribution >= 0.6 is 0 Å². The van der Waals surface area contributed by atoms with E-state index in [4.69, 9.17) is 4.52 Å². The molecule has 0 saturated heterocycles. The van der Waals surface area contributed by atoms with E-state index in [0.29, 0.717) is 29.4 Å². The fourth-order valence-corrected chi connectivity index (χ4v) is 3.24. The Kier molecular flexibility index (Phi) is 4.31. The van der Waals surface area contributed by atoms with Crippen LogP contribution in [0.3, 0.4) is 0 Å². The Morgan fingerprint density at radius 3 is 2.90 bits per heavy atom. The van der Waals surface area contributed by atoms with Gasteiger partial charge in [-0.2, -0.15) is 4.98 Å². The molecule has 0 spiro atoms. The van der Waals surface area contributed by atoms with E-state index in [1.165, 1.54) is 0 Å². The molecule has 1 aliphatic rings. The summed E-state index contributed by atoms with van der Waals surface area (Å²) < 4.78 is 7.25. The number of pyridine rings is 1. The van der Waals surface area contributed by atoms with Crippen LogP contribution in [0.2, 0.25) is 0 Å². The lowest BCUT2D eigenvalue weighted by atomic mass is 10.2. The number of nitrogens with one attached hydrogen (secondary N) is 1. The van der Waals surface area contributed by atoms with Crippen LogP contribution in [0.5, 0.6) is 0 Å². The molecule has 1 amide bonds. The van der Waals surface area contributed by atoms with E-state index in [9.17, 15) is 4.79 Å². The van der Waals surface area contributed by atoms with Crippen LogP contribution < -0.4 is 5.32 Å². The number of benzene rings is 1. The van der Waals surface area contributed by atoms with Crippen molar-refractivity contribution in [2.45, 2.75) is 38.3 Å². The van der Waals surface area contributed by atoms with Crippen molar-refractivity contribution in [3.63, 3.8) is 0 Å². The summed E-state index contributed by atoms with van der Waals surface area (Å²) in [5, 5.41) is 6.88. The molecule has 1 aliphatic carbocycles. The summed E-state index contributed by atoms with van der Waals surface area (Å²) in [4.78, 5) is 25.9. The first-order valence-electron chi connectivity index (χ1n) is 9.66. The summed E-state index contributed by atoms with van der Waals surface area (Å²) in [5.74, 6) is 1.30. The van der Waals surface area contributed by atoms with Crippen LogP contribution in [0.25, 0.3) is 11.2 Å². The lowest BCUT2D eigenvalue weighted by molar-refractivity contribution is 0.0932. The lowest BCUT2D eigenvalue weighted by Gasteiger charge is -2.09. The topological polar surface area (TPSA) is 98.7 Å². The van der Waals surface area contributed by atoms with E-state index in [-0.39, 0.29) is 11.9 Å². The van der Waals surface area contributed by atoms with Crippen LogP contribution in [-0.4, -0.2) is 30.6 Å². The summed E-state index contributed by atoms with van der Waals surface area (Å²) in [6.07, 6.45) is 5.51. The predicted octanol–water partition coefficient (Wildman–Crippen LogP) is 3.23. The van der Waals surface area contributed by atoms with Crippen molar-refractivity contribution in [1.29, 1.82) is 0 Å². The van der Waals surface area contributed by atoms with Crippen molar-refractivity contribution in [2.75, 3.05) is 0 Å². The van der Waals surface area contributed by atoms with E-state index >= 15 is 0 Å². The molecule has 8 heteroatoms. The van der Waals surface area contributed by atoms with Gasteiger partial charge in [-0.15, -0.1) is 0 Å². The maximum absolute atomic E-state index is 12.6. The van der Waals surface area contributed by atoms with Crippen molar-refractivity contribution >= 4 is 17.1 Å². The summed E-state index contributed by atoms with van der Waals surface area (Å²) in [6, 6.07) is 11.5. The van der Waals surface area contributed by atoms with Crippen LogP contribution in [0.1, 0.15) is 59.4 Å². The first kappa shape index (κ1) is 17.5. The van der Waals surface area contributed by atoms with Gasteiger partial charge in [-0.05, 0) is 31.4 Å². The molecule has 4 aromatic rings. The second-order valence-electron chi connectivity index (χ2n) is 7.39. The minimum absolute atomic E-state index is 0.254. The Labute approximate surface area is 167 Å². The van der Waals surface area contributed by atoms with E-state index in [0.717, 1.165) is 29.9 Å². The normalized spacial score (nSPS) is 14.8. The highest BCUT2D eigenvalue weighted by Crippen LogP contribution is 2.38. The largest absolute Gasteiger partial charge is 0.340 e. The van der Waals surface area contributed by atoms with Crippen molar-refractivity contribution in [3.05, 3.63) is 71.8 Å². The molecule has 146 valence electrons. The SMILES string of the molecule is CC(NC(=O)c1cnc2c(c1)ncn2Cc1ccccc1)c1nc(C2CC2)no1. The number of carbonyl (C=O) groups excluding carboxylic acids is 1. The number of nitrogens with zero attached hydrogens (tertiary/aromatic N) is 5. The highest BCUT2D eigenvalue weighted by molar-refractivity contribution is 5.96. The van der Waals surface area contributed by atoms with Gasteiger partial charge in [0.2, 0.25) is 5.89 Å².